The zero-order chi connectivity index (χ0) is 14.2. The van der Waals surface area contributed by atoms with Gasteiger partial charge < -0.3 is 15.4 Å². The van der Waals surface area contributed by atoms with Gasteiger partial charge in [0.1, 0.15) is 0 Å². The van der Waals surface area contributed by atoms with Gasteiger partial charge in [-0.05, 0) is 19.9 Å². The highest BCUT2D eigenvalue weighted by Crippen LogP contribution is 2.14. The summed E-state index contributed by atoms with van der Waals surface area (Å²) in [4.78, 5) is 14.2. The molecule has 0 atom stereocenters. The van der Waals surface area contributed by atoms with E-state index in [2.05, 4.69) is 25.7 Å². The average molecular weight is 299 g/mol. The summed E-state index contributed by atoms with van der Waals surface area (Å²) >= 11 is 1.28. The highest BCUT2D eigenvalue weighted by molar-refractivity contribution is 7.17. The molecule has 0 spiro atoms. The fourth-order valence-corrected chi connectivity index (χ4v) is 2.67. The van der Waals surface area contributed by atoms with Gasteiger partial charge in [0.2, 0.25) is 10.1 Å². The van der Waals surface area contributed by atoms with Crippen LogP contribution in [0.4, 0.5) is 5.13 Å². The van der Waals surface area contributed by atoms with E-state index in [0.717, 1.165) is 45.8 Å². The Bertz CT molecular complexity index is 420. The van der Waals surface area contributed by atoms with Crippen molar-refractivity contribution in [2.24, 2.45) is 0 Å². The fourth-order valence-electron chi connectivity index (χ4n) is 1.94. The number of anilines is 1. The molecule has 0 aliphatic carbocycles. The molecule has 0 unspecified atom stereocenters. The average Bonchev–Trinajstić information content (AvgIpc) is 2.94. The van der Waals surface area contributed by atoms with Gasteiger partial charge in [-0.1, -0.05) is 11.3 Å². The van der Waals surface area contributed by atoms with Crippen molar-refractivity contribution in [2.75, 3.05) is 51.3 Å². The summed E-state index contributed by atoms with van der Waals surface area (Å²) in [6.45, 7) is 7.98. The highest BCUT2D eigenvalue weighted by Gasteiger charge is 2.13. The summed E-state index contributed by atoms with van der Waals surface area (Å²) in [7, 11) is 0. The van der Waals surface area contributed by atoms with Crippen LogP contribution < -0.4 is 10.6 Å². The van der Waals surface area contributed by atoms with E-state index in [-0.39, 0.29) is 5.91 Å². The molecule has 2 heterocycles. The van der Waals surface area contributed by atoms with Gasteiger partial charge in [-0.25, -0.2) is 0 Å². The molecule has 0 bridgehead atoms. The first-order valence-electron chi connectivity index (χ1n) is 6.95. The van der Waals surface area contributed by atoms with Crippen LogP contribution in [0.2, 0.25) is 0 Å². The summed E-state index contributed by atoms with van der Waals surface area (Å²) in [5.41, 5.74) is 0. The maximum absolute atomic E-state index is 11.8. The lowest BCUT2D eigenvalue weighted by atomic mass is 10.3. The number of aromatic nitrogens is 2. The molecule has 2 rings (SSSR count). The molecular weight excluding hydrogens is 278 g/mol. The molecular formula is C12H21N5O2S. The van der Waals surface area contributed by atoms with Gasteiger partial charge in [-0.15, -0.1) is 10.2 Å². The normalized spacial score (nSPS) is 16.1. The van der Waals surface area contributed by atoms with Crippen LogP contribution in [0.5, 0.6) is 0 Å². The number of carbonyl (C=O) groups excluding carboxylic acids is 1. The number of hydrogen-bond acceptors (Lipinski definition) is 7. The van der Waals surface area contributed by atoms with Crippen LogP contribution in [-0.2, 0) is 4.74 Å². The monoisotopic (exact) mass is 299 g/mol. The van der Waals surface area contributed by atoms with E-state index in [4.69, 9.17) is 4.74 Å². The van der Waals surface area contributed by atoms with Gasteiger partial charge in [-0.2, -0.15) is 0 Å². The van der Waals surface area contributed by atoms with Gasteiger partial charge in [0.15, 0.2) is 0 Å². The lowest BCUT2D eigenvalue weighted by Crippen LogP contribution is -2.38. The lowest BCUT2D eigenvalue weighted by molar-refractivity contribution is 0.0374. The summed E-state index contributed by atoms with van der Waals surface area (Å²) in [5, 5.41) is 14.8. The Balaban J connectivity index is 1.63. The van der Waals surface area contributed by atoms with E-state index >= 15 is 0 Å². The third-order valence-electron chi connectivity index (χ3n) is 2.99. The third-order valence-corrected chi connectivity index (χ3v) is 3.87. The Labute approximate surface area is 122 Å². The number of nitrogens with zero attached hydrogens (tertiary/aromatic N) is 3. The number of carbonyl (C=O) groups is 1. The Morgan fingerprint density at radius 2 is 2.20 bits per heavy atom. The summed E-state index contributed by atoms with van der Waals surface area (Å²) in [5.74, 6) is -0.145. The number of nitrogens with one attached hydrogen (secondary N) is 2. The molecule has 20 heavy (non-hydrogen) atoms. The van der Waals surface area contributed by atoms with Crippen molar-refractivity contribution in [3.8, 4) is 0 Å². The van der Waals surface area contributed by atoms with E-state index in [0.29, 0.717) is 16.7 Å². The molecule has 112 valence electrons. The molecule has 1 fully saturated rings. The van der Waals surface area contributed by atoms with Crippen LogP contribution in [0.25, 0.3) is 0 Å². The first kappa shape index (κ1) is 15.1. The fraction of sp³-hybridized carbons (Fsp3) is 0.750. The van der Waals surface area contributed by atoms with E-state index < -0.39 is 0 Å². The highest BCUT2D eigenvalue weighted by atomic mass is 32.1. The SMILES string of the molecule is CCNc1nnc(C(=O)NCCCN2CCOCC2)s1. The number of morpholine rings is 1. The summed E-state index contributed by atoms with van der Waals surface area (Å²) in [6, 6.07) is 0. The van der Waals surface area contributed by atoms with Crippen LogP contribution in [0.15, 0.2) is 0 Å². The molecule has 0 saturated carbocycles. The second-order valence-electron chi connectivity index (χ2n) is 4.51. The topological polar surface area (TPSA) is 79.4 Å². The molecule has 8 heteroatoms. The predicted molar refractivity (Wildman–Crippen MR) is 78.3 cm³/mol. The van der Waals surface area contributed by atoms with Crippen LogP contribution in [-0.4, -0.2) is 66.9 Å². The summed E-state index contributed by atoms with van der Waals surface area (Å²) < 4.78 is 5.29. The number of ether oxygens (including phenoxy) is 1. The maximum atomic E-state index is 11.8. The number of amides is 1. The van der Waals surface area contributed by atoms with Crippen molar-refractivity contribution in [1.82, 2.24) is 20.4 Å². The lowest BCUT2D eigenvalue weighted by Gasteiger charge is -2.26. The molecule has 1 aromatic rings. The minimum Gasteiger partial charge on any atom is -0.379 e. The quantitative estimate of drug-likeness (QED) is 0.711. The minimum absolute atomic E-state index is 0.145. The van der Waals surface area contributed by atoms with Gasteiger partial charge >= 0.3 is 0 Å². The summed E-state index contributed by atoms with van der Waals surface area (Å²) in [6.07, 6.45) is 0.935. The first-order chi connectivity index (χ1) is 9.79. The third kappa shape index (κ3) is 4.69. The number of rotatable bonds is 7. The van der Waals surface area contributed by atoms with Crippen molar-refractivity contribution < 1.29 is 9.53 Å². The van der Waals surface area contributed by atoms with Gasteiger partial charge in [0.05, 0.1) is 13.2 Å². The van der Waals surface area contributed by atoms with Gasteiger partial charge in [0.25, 0.3) is 5.91 Å². The zero-order valence-corrected chi connectivity index (χ0v) is 12.5. The Morgan fingerprint density at radius 1 is 1.40 bits per heavy atom. The molecule has 7 nitrogen and oxygen atoms in total. The molecule has 1 aliphatic heterocycles. The van der Waals surface area contributed by atoms with Crippen molar-refractivity contribution in [3.63, 3.8) is 0 Å². The van der Waals surface area contributed by atoms with E-state index in [1.807, 2.05) is 6.92 Å². The van der Waals surface area contributed by atoms with Crippen LogP contribution in [0.3, 0.4) is 0 Å². The van der Waals surface area contributed by atoms with Gasteiger partial charge in [0, 0.05) is 26.2 Å². The van der Waals surface area contributed by atoms with Crippen molar-refractivity contribution in [3.05, 3.63) is 5.01 Å². The second kappa shape index (κ2) is 8.13. The van der Waals surface area contributed by atoms with Gasteiger partial charge in [-0.3, -0.25) is 9.69 Å². The van der Waals surface area contributed by atoms with E-state index in [1.165, 1.54) is 11.3 Å². The maximum Gasteiger partial charge on any atom is 0.282 e. The molecule has 0 radical (unpaired) electrons. The number of hydrogen-bond donors (Lipinski definition) is 2. The van der Waals surface area contributed by atoms with E-state index in [1.54, 1.807) is 0 Å². The molecule has 1 saturated heterocycles. The predicted octanol–water partition coefficient (Wildman–Crippen LogP) is 0.422. The first-order valence-corrected chi connectivity index (χ1v) is 7.77. The Hall–Kier alpha value is -1.25. The zero-order valence-electron chi connectivity index (χ0n) is 11.7. The smallest absolute Gasteiger partial charge is 0.282 e. The Kier molecular flexibility index (Phi) is 6.16. The molecule has 1 aromatic heterocycles. The minimum atomic E-state index is -0.145. The van der Waals surface area contributed by atoms with Crippen LogP contribution in [0.1, 0.15) is 23.1 Å². The van der Waals surface area contributed by atoms with Crippen LogP contribution in [0, 0.1) is 0 Å². The van der Waals surface area contributed by atoms with Crippen molar-refractivity contribution in [2.45, 2.75) is 13.3 Å². The van der Waals surface area contributed by atoms with Crippen molar-refractivity contribution in [1.29, 1.82) is 0 Å². The molecule has 1 amide bonds. The second-order valence-corrected chi connectivity index (χ2v) is 5.48. The molecule has 2 N–H and O–H groups in total. The molecule has 1 aliphatic rings. The van der Waals surface area contributed by atoms with Crippen molar-refractivity contribution >= 4 is 22.4 Å². The van der Waals surface area contributed by atoms with E-state index in [9.17, 15) is 4.79 Å². The largest absolute Gasteiger partial charge is 0.379 e. The van der Waals surface area contributed by atoms with Crippen LogP contribution >= 0.6 is 11.3 Å². The standard InChI is InChI=1S/C12H21N5O2S/c1-2-13-12-16-15-11(20-12)10(18)14-4-3-5-17-6-8-19-9-7-17/h2-9H2,1H3,(H,13,16)(H,14,18). The Morgan fingerprint density at radius 3 is 2.95 bits per heavy atom. The molecule has 0 aromatic carbocycles.